The largest absolute Gasteiger partial charge is 0.335 e. The highest BCUT2D eigenvalue weighted by Crippen LogP contribution is 2.09. The molecule has 1 N–H and O–H groups in total. The van der Waals surface area contributed by atoms with E-state index in [9.17, 15) is 4.79 Å². The fraction of sp³-hybridized carbons (Fsp3) is 0.583. The zero-order valence-electron chi connectivity index (χ0n) is 10.5. The molecule has 0 aromatic carbocycles. The number of thioether (sulfide) groups is 1. The molecule has 1 atom stereocenters. The van der Waals surface area contributed by atoms with Gasteiger partial charge in [0, 0.05) is 55.6 Å². The van der Waals surface area contributed by atoms with E-state index in [0.29, 0.717) is 6.42 Å². The maximum Gasteiger partial charge on any atom is 0.317 e. The van der Waals surface area contributed by atoms with Crippen molar-refractivity contribution in [1.82, 2.24) is 20.2 Å². The molecule has 0 bridgehead atoms. The normalized spacial score (nSPS) is 17.3. The van der Waals surface area contributed by atoms with E-state index < -0.39 is 0 Å². The van der Waals surface area contributed by atoms with Crippen LogP contribution in [0.1, 0.15) is 12.6 Å². The Bertz CT molecular complexity index is 381. The quantitative estimate of drug-likeness (QED) is 0.892. The van der Waals surface area contributed by atoms with Gasteiger partial charge in [-0.25, -0.2) is 4.79 Å². The number of carbonyl (C=O) groups excluding carboxylic acids is 1. The van der Waals surface area contributed by atoms with Gasteiger partial charge in [0.25, 0.3) is 0 Å². The van der Waals surface area contributed by atoms with Crippen LogP contribution in [-0.4, -0.2) is 51.5 Å². The first-order valence-electron chi connectivity index (χ1n) is 6.14. The second-order valence-electron chi connectivity index (χ2n) is 4.35. The molecule has 98 valence electrons. The third-order valence-corrected chi connectivity index (χ3v) is 3.74. The van der Waals surface area contributed by atoms with E-state index in [4.69, 9.17) is 0 Å². The van der Waals surface area contributed by atoms with E-state index in [-0.39, 0.29) is 12.1 Å². The van der Waals surface area contributed by atoms with Gasteiger partial charge in [-0.15, -0.1) is 0 Å². The van der Waals surface area contributed by atoms with Crippen molar-refractivity contribution in [3.8, 4) is 0 Å². The molecule has 1 saturated heterocycles. The van der Waals surface area contributed by atoms with Gasteiger partial charge in [-0.1, -0.05) is 0 Å². The zero-order chi connectivity index (χ0) is 12.8. The van der Waals surface area contributed by atoms with Crippen LogP contribution in [0.15, 0.2) is 18.6 Å². The molecule has 0 unspecified atom stereocenters. The molecule has 18 heavy (non-hydrogen) atoms. The van der Waals surface area contributed by atoms with Crippen LogP contribution in [0.5, 0.6) is 0 Å². The zero-order valence-corrected chi connectivity index (χ0v) is 11.3. The molecular weight excluding hydrogens is 248 g/mol. The third kappa shape index (κ3) is 3.87. The topological polar surface area (TPSA) is 58.1 Å². The molecule has 1 aliphatic heterocycles. The first-order chi connectivity index (χ1) is 8.75. The summed E-state index contributed by atoms with van der Waals surface area (Å²) in [5, 5.41) is 3.01. The van der Waals surface area contributed by atoms with E-state index in [1.165, 1.54) is 0 Å². The van der Waals surface area contributed by atoms with Crippen molar-refractivity contribution in [3.63, 3.8) is 0 Å². The van der Waals surface area contributed by atoms with Crippen molar-refractivity contribution in [2.24, 2.45) is 0 Å². The molecule has 0 radical (unpaired) electrons. The maximum atomic E-state index is 12.0. The Morgan fingerprint density at radius 3 is 2.94 bits per heavy atom. The van der Waals surface area contributed by atoms with Crippen LogP contribution in [0.4, 0.5) is 4.79 Å². The van der Waals surface area contributed by atoms with Crippen molar-refractivity contribution < 1.29 is 4.79 Å². The van der Waals surface area contributed by atoms with E-state index in [0.717, 1.165) is 30.3 Å². The molecule has 1 fully saturated rings. The average molecular weight is 266 g/mol. The lowest BCUT2D eigenvalue weighted by Gasteiger charge is -2.28. The lowest BCUT2D eigenvalue weighted by atomic mass is 10.2. The summed E-state index contributed by atoms with van der Waals surface area (Å²) in [6.07, 6.45) is 5.77. The standard InChI is InChI=1S/C12H18N4OS/c1-10(8-11-9-13-2-3-14-11)15-12(17)16-4-6-18-7-5-16/h2-3,9-10H,4-8H2,1H3,(H,15,17)/t10-/m1/s1. The summed E-state index contributed by atoms with van der Waals surface area (Å²) in [5.41, 5.74) is 0.902. The third-order valence-electron chi connectivity index (χ3n) is 2.80. The van der Waals surface area contributed by atoms with Crippen LogP contribution in [0.25, 0.3) is 0 Å². The molecule has 6 heteroatoms. The Hall–Kier alpha value is -1.30. The number of nitrogens with zero attached hydrogens (tertiary/aromatic N) is 3. The van der Waals surface area contributed by atoms with E-state index >= 15 is 0 Å². The molecule has 2 amide bonds. The summed E-state index contributed by atoms with van der Waals surface area (Å²) < 4.78 is 0. The summed E-state index contributed by atoms with van der Waals surface area (Å²) in [7, 11) is 0. The number of hydrogen-bond donors (Lipinski definition) is 1. The lowest BCUT2D eigenvalue weighted by molar-refractivity contribution is 0.199. The predicted molar refractivity (Wildman–Crippen MR) is 72.6 cm³/mol. The van der Waals surface area contributed by atoms with Gasteiger partial charge >= 0.3 is 6.03 Å². The second kappa shape index (κ2) is 6.58. The molecule has 2 heterocycles. The van der Waals surface area contributed by atoms with Gasteiger partial charge in [0.15, 0.2) is 0 Å². The number of rotatable bonds is 3. The molecule has 2 rings (SSSR count). The maximum absolute atomic E-state index is 12.0. The lowest BCUT2D eigenvalue weighted by Crippen LogP contribution is -2.47. The predicted octanol–water partition coefficient (Wildman–Crippen LogP) is 1.17. The number of amides is 2. The van der Waals surface area contributed by atoms with Crippen LogP contribution < -0.4 is 5.32 Å². The summed E-state index contributed by atoms with van der Waals surface area (Å²) >= 11 is 1.90. The Balaban J connectivity index is 1.79. The number of nitrogens with one attached hydrogen (secondary N) is 1. The van der Waals surface area contributed by atoms with Crippen molar-refractivity contribution in [3.05, 3.63) is 24.3 Å². The SMILES string of the molecule is C[C@H](Cc1cnccn1)NC(=O)N1CCSCC1. The highest BCUT2D eigenvalue weighted by atomic mass is 32.2. The summed E-state index contributed by atoms with van der Waals surface area (Å²) in [6, 6.07) is 0.107. The minimum Gasteiger partial charge on any atom is -0.335 e. The van der Waals surface area contributed by atoms with Gasteiger partial charge in [-0.3, -0.25) is 9.97 Å². The summed E-state index contributed by atoms with van der Waals surface area (Å²) in [4.78, 5) is 22.1. The second-order valence-corrected chi connectivity index (χ2v) is 5.58. The minimum absolute atomic E-state index is 0.0340. The van der Waals surface area contributed by atoms with E-state index in [2.05, 4.69) is 15.3 Å². The Labute approximate surface area is 111 Å². The Kier molecular flexibility index (Phi) is 4.81. The van der Waals surface area contributed by atoms with Gasteiger partial charge in [0.1, 0.15) is 0 Å². The van der Waals surface area contributed by atoms with Crippen LogP contribution in [-0.2, 0) is 6.42 Å². The van der Waals surface area contributed by atoms with Gasteiger partial charge in [0.05, 0.1) is 5.69 Å². The average Bonchev–Trinajstić information content (AvgIpc) is 2.40. The summed E-state index contributed by atoms with van der Waals surface area (Å²) in [5.74, 6) is 2.07. The van der Waals surface area contributed by atoms with Gasteiger partial charge in [0.2, 0.25) is 0 Å². The first-order valence-corrected chi connectivity index (χ1v) is 7.29. The highest BCUT2D eigenvalue weighted by molar-refractivity contribution is 7.99. The molecule has 0 saturated carbocycles. The Morgan fingerprint density at radius 2 is 2.28 bits per heavy atom. The highest BCUT2D eigenvalue weighted by Gasteiger charge is 2.18. The molecular formula is C12H18N4OS. The van der Waals surface area contributed by atoms with Crippen molar-refractivity contribution >= 4 is 17.8 Å². The summed E-state index contributed by atoms with van der Waals surface area (Å²) in [6.45, 7) is 3.67. The molecule has 1 aromatic heterocycles. The number of carbonyl (C=O) groups is 1. The molecule has 1 aliphatic rings. The van der Waals surface area contributed by atoms with Crippen molar-refractivity contribution in [1.29, 1.82) is 0 Å². The monoisotopic (exact) mass is 266 g/mol. The van der Waals surface area contributed by atoms with Crippen molar-refractivity contribution in [2.45, 2.75) is 19.4 Å². The molecule has 5 nitrogen and oxygen atoms in total. The number of aromatic nitrogens is 2. The number of urea groups is 1. The molecule has 0 spiro atoms. The van der Waals surface area contributed by atoms with Crippen LogP contribution in [0, 0.1) is 0 Å². The number of hydrogen-bond acceptors (Lipinski definition) is 4. The molecule has 1 aromatic rings. The van der Waals surface area contributed by atoms with Gasteiger partial charge in [-0.05, 0) is 6.92 Å². The fourth-order valence-electron chi connectivity index (χ4n) is 1.87. The van der Waals surface area contributed by atoms with Crippen LogP contribution in [0.2, 0.25) is 0 Å². The van der Waals surface area contributed by atoms with Gasteiger partial charge < -0.3 is 10.2 Å². The molecule has 0 aliphatic carbocycles. The van der Waals surface area contributed by atoms with E-state index in [1.807, 2.05) is 23.6 Å². The minimum atomic E-state index is 0.0340. The van der Waals surface area contributed by atoms with Crippen molar-refractivity contribution in [2.75, 3.05) is 24.6 Å². The fourth-order valence-corrected chi connectivity index (χ4v) is 2.77. The van der Waals surface area contributed by atoms with Gasteiger partial charge in [-0.2, -0.15) is 11.8 Å². The van der Waals surface area contributed by atoms with Crippen LogP contribution in [0.3, 0.4) is 0 Å². The Morgan fingerprint density at radius 1 is 1.50 bits per heavy atom. The van der Waals surface area contributed by atoms with Crippen LogP contribution >= 0.6 is 11.8 Å². The van der Waals surface area contributed by atoms with E-state index in [1.54, 1.807) is 18.6 Å². The smallest absolute Gasteiger partial charge is 0.317 e. The first kappa shape index (κ1) is 13.1.